The maximum Gasteiger partial charge on any atom is 0.223 e. The van der Waals surface area contributed by atoms with Crippen molar-refractivity contribution in [2.24, 2.45) is 0 Å². The Hall–Kier alpha value is -1.53. The van der Waals surface area contributed by atoms with Gasteiger partial charge in [-0.1, -0.05) is 30.7 Å². The van der Waals surface area contributed by atoms with Crippen LogP contribution in [0.25, 0.3) is 0 Å². The number of amides is 1. The van der Waals surface area contributed by atoms with Crippen LogP contribution in [0.1, 0.15) is 32.3 Å². The van der Waals surface area contributed by atoms with Crippen LogP contribution in [-0.4, -0.2) is 12.5 Å². The van der Waals surface area contributed by atoms with Gasteiger partial charge in [-0.15, -0.1) is 0 Å². The van der Waals surface area contributed by atoms with Gasteiger partial charge >= 0.3 is 0 Å². The molecule has 0 aromatic heterocycles. The first-order valence-corrected chi connectivity index (χ1v) is 6.31. The molecule has 0 spiro atoms. The van der Waals surface area contributed by atoms with E-state index in [4.69, 9.17) is 16.9 Å². The Morgan fingerprint density at radius 2 is 2.33 bits per heavy atom. The van der Waals surface area contributed by atoms with Crippen molar-refractivity contribution in [3.05, 3.63) is 28.8 Å². The zero-order valence-corrected chi connectivity index (χ0v) is 11.3. The molecule has 1 aliphatic heterocycles. The highest BCUT2D eigenvalue weighted by atomic mass is 35.5. The first-order valence-electron chi connectivity index (χ1n) is 5.93. The van der Waals surface area contributed by atoms with Crippen LogP contribution < -0.4 is 4.90 Å². The van der Waals surface area contributed by atoms with Crippen molar-refractivity contribution in [3.8, 4) is 6.07 Å². The number of para-hydroxylation sites is 1. The van der Waals surface area contributed by atoms with Crippen molar-refractivity contribution in [1.29, 1.82) is 5.26 Å². The molecule has 18 heavy (non-hydrogen) atoms. The standard InChI is InChI=1S/C14H15ClN2O/c1-10(18)17-9-14(2,7-4-8-16)11-5-3-6-12(15)13(11)17/h3,5-6H,4,7,9H2,1-2H3. The highest BCUT2D eigenvalue weighted by Crippen LogP contribution is 2.46. The van der Waals surface area contributed by atoms with E-state index in [9.17, 15) is 4.79 Å². The van der Waals surface area contributed by atoms with E-state index in [0.29, 0.717) is 18.0 Å². The van der Waals surface area contributed by atoms with Crippen molar-refractivity contribution in [2.75, 3.05) is 11.4 Å². The van der Waals surface area contributed by atoms with E-state index >= 15 is 0 Å². The van der Waals surface area contributed by atoms with Crippen LogP contribution in [0.2, 0.25) is 5.02 Å². The highest BCUT2D eigenvalue weighted by molar-refractivity contribution is 6.34. The summed E-state index contributed by atoms with van der Waals surface area (Å²) in [6, 6.07) is 7.87. The third kappa shape index (κ3) is 1.97. The van der Waals surface area contributed by atoms with Crippen LogP contribution in [0.3, 0.4) is 0 Å². The molecule has 0 N–H and O–H groups in total. The molecule has 0 saturated carbocycles. The number of nitriles is 1. The van der Waals surface area contributed by atoms with Gasteiger partial charge in [0.2, 0.25) is 5.91 Å². The zero-order valence-electron chi connectivity index (χ0n) is 10.5. The molecule has 94 valence electrons. The predicted molar refractivity (Wildman–Crippen MR) is 71.7 cm³/mol. The Kier molecular flexibility index (Phi) is 3.32. The minimum absolute atomic E-state index is 0.00923. The Balaban J connectivity index is 2.50. The second-order valence-corrected chi connectivity index (χ2v) is 5.37. The summed E-state index contributed by atoms with van der Waals surface area (Å²) in [6.45, 7) is 4.23. The third-order valence-corrected chi connectivity index (χ3v) is 3.89. The molecule has 1 aliphatic rings. The van der Waals surface area contributed by atoms with Crippen molar-refractivity contribution in [1.82, 2.24) is 0 Å². The summed E-state index contributed by atoms with van der Waals surface area (Å²) in [5.41, 5.74) is 1.70. The second kappa shape index (κ2) is 4.62. The lowest BCUT2D eigenvalue weighted by Crippen LogP contribution is -2.33. The van der Waals surface area contributed by atoms with E-state index in [1.165, 1.54) is 0 Å². The fraction of sp³-hybridized carbons (Fsp3) is 0.429. The van der Waals surface area contributed by atoms with E-state index in [0.717, 1.165) is 17.7 Å². The number of nitrogens with zero attached hydrogens (tertiary/aromatic N) is 2. The summed E-state index contributed by atoms with van der Waals surface area (Å²) >= 11 is 6.21. The number of halogens is 1. The van der Waals surface area contributed by atoms with E-state index in [-0.39, 0.29) is 11.3 Å². The molecular weight excluding hydrogens is 248 g/mol. The van der Waals surface area contributed by atoms with E-state index in [1.807, 2.05) is 12.1 Å². The summed E-state index contributed by atoms with van der Waals surface area (Å²) in [5, 5.41) is 9.36. The van der Waals surface area contributed by atoms with Gasteiger partial charge in [-0.25, -0.2) is 0 Å². The summed E-state index contributed by atoms with van der Waals surface area (Å²) < 4.78 is 0. The van der Waals surface area contributed by atoms with Gasteiger partial charge in [0.05, 0.1) is 16.8 Å². The van der Waals surface area contributed by atoms with Crippen LogP contribution in [0.4, 0.5) is 5.69 Å². The van der Waals surface area contributed by atoms with Crippen molar-refractivity contribution in [3.63, 3.8) is 0 Å². The zero-order chi connectivity index (χ0) is 13.3. The number of carbonyl (C=O) groups is 1. The van der Waals surface area contributed by atoms with Gasteiger partial charge in [0.25, 0.3) is 0 Å². The maximum absolute atomic E-state index is 11.7. The smallest absolute Gasteiger partial charge is 0.223 e. The number of hydrogen-bond donors (Lipinski definition) is 0. The number of benzene rings is 1. The van der Waals surface area contributed by atoms with Crippen LogP contribution in [-0.2, 0) is 10.2 Å². The molecule has 2 rings (SSSR count). The average molecular weight is 263 g/mol. The van der Waals surface area contributed by atoms with Crippen LogP contribution in [0, 0.1) is 11.3 Å². The van der Waals surface area contributed by atoms with Gasteiger partial charge in [-0.3, -0.25) is 4.79 Å². The normalized spacial score (nSPS) is 21.6. The fourth-order valence-electron chi connectivity index (χ4n) is 2.60. The molecule has 1 aromatic rings. The minimum Gasteiger partial charge on any atom is -0.310 e. The summed E-state index contributed by atoms with van der Waals surface area (Å²) in [7, 11) is 0. The number of fused-ring (bicyclic) bond motifs is 1. The summed E-state index contributed by atoms with van der Waals surface area (Å²) in [5.74, 6) is -0.00923. The van der Waals surface area contributed by atoms with Gasteiger partial charge in [-0.05, 0) is 18.1 Å². The average Bonchev–Trinajstić information content (AvgIpc) is 2.63. The molecule has 1 aromatic carbocycles. The molecule has 0 bridgehead atoms. The Morgan fingerprint density at radius 3 is 2.94 bits per heavy atom. The quantitative estimate of drug-likeness (QED) is 0.821. The largest absolute Gasteiger partial charge is 0.310 e. The molecule has 1 amide bonds. The van der Waals surface area contributed by atoms with Gasteiger partial charge in [-0.2, -0.15) is 5.26 Å². The number of rotatable bonds is 2. The van der Waals surface area contributed by atoms with Gasteiger partial charge in [0.1, 0.15) is 0 Å². The van der Waals surface area contributed by atoms with E-state index in [2.05, 4.69) is 13.0 Å². The SMILES string of the molecule is CC(=O)N1CC(C)(CCC#N)c2cccc(Cl)c21. The molecular formula is C14H15ClN2O. The first-order chi connectivity index (χ1) is 8.49. The van der Waals surface area contributed by atoms with Crippen molar-refractivity contribution in [2.45, 2.75) is 32.1 Å². The molecule has 1 unspecified atom stereocenters. The van der Waals surface area contributed by atoms with E-state index in [1.54, 1.807) is 17.9 Å². The summed E-state index contributed by atoms with van der Waals surface area (Å²) in [4.78, 5) is 13.4. The summed E-state index contributed by atoms with van der Waals surface area (Å²) in [6.07, 6.45) is 1.22. The second-order valence-electron chi connectivity index (χ2n) is 4.96. The number of carbonyl (C=O) groups excluding carboxylic acids is 1. The lowest BCUT2D eigenvalue weighted by atomic mass is 9.80. The lowest BCUT2D eigenvalue weighted by molar-refractivity contribution is -0.116. The molecule has 1 heterocycles. The van der Waals surface area contributed by atoms with Gasteiger partial charge in [0.15, 0.2) is 0 Å². The molecule has 0 radical (unpaired) electrons. The van der Waals surface area contributed by atoms with Crippen molar-refractivity contribution < 1.29 is 4.79 Å². The maximum atomic E-state index is 11.7. The van der Waals surface area contributed by atoms with Crippen LogP contribution in [0.15, 0.2) is 18.2 Å². The van der Waals surface area contributed by atoms with E-state index < -0.39 is 0 Å². The fourth-order valence-corrected chi connectivity index (χ4v) is 2.88. The topological polar surface area (TPSA) is 44.1 Å². The van der Waals surface area contributed by atoms with Crippen LogP contribution >= 0.6 is 11.6 Å². The van der Waals surface area contributed by atoms with Gasteiger partial charge < -0.3 is 4.90 Å². The third-order valence-electron chi connectivity index (χ3n) is 3.58. The monoisotopic (exact) mass is 262 g/mol. The molecule has 0 fully saturated rings. The molecule has 1 atom stereocenters. The minimum atomic E-state index is -0.179. The number of hydrogen-bond acceptors (Lipinski definition) is 2. The predicted octanol–water partition coefficient (Wildman–Crippen LogP) is 3.27. The molecule has 0 aliphatic carbocycles. The Morgan fingerprint density at radius 1 is 1.61 bits per heavy atom. The van der Waals surface area contributed by atoms with Crippen molar-refractivity contribution >= 4 is 23.2 Å². The number of anilines is 1. The Bertz CT molecular complexity index is 535. The lowest BCUT2D eigenvalue weighted by Gasteiger charge is -2.24. The Labute approximate surface area is 112 Å². The van der Waals surface area contributed by atoms with Crippen LogP contribution in [0.5, 0.6) is 0 Å². The first kappa shape index (κ1) is 12.9. The van der Waals surface area contributed by atoms with Gasteiger partial charge in [0, 0.05) is 25.3 Å². The molecule has 0 saturated heterocycles. The highest BCUT2D eigenvalue weighted by Gasteiger charge is 2.41. The molecule has 4 heteroatoms. The molecule has 3 nitrogen and oxygen atoms in total.